The molecule has 0 spiro atoms. The zero-order valence-electron chi connectivity index (χ0n) is 12.7. The third-order valence-electron chi connectivity index (χ3n) is 4.17. The lowest BCUT2D eigenvalue weighted by Crippen LogP contribution is -2.27. The van der Waals surface area contributed by atoms with Crippen molar-refractivity contribution in [1.82, 2.24) is 14.9 Å². The SMILES string of the molecule is N#Cc1ccc2nc(N)nc(C(=O)N3Cc4ccccc4C3)c2c1. The highest BCUT2D eigenvalue weighted by molar-refractivity contribution is 6.05. The van der Waals surface area contributed by atoms with Crippen LogP contribution in [0, 0.1) is 11.3 Å². The number of anilines is 1. The molecule has 1 aromatic heterocycles. The molecule has 6 nitrogen and oxygen atoms in total. The third kappa shape index (κ3) is 2.23. The Morgan fingerprint density at radius 2 is 1.83 bits per heavy atom. The van der Waals surface area contributed by atoms with Crippen LogP contribution in [0.4, 0.5) is 5.95 Å². The average Bonchev–Trinajstić information content (AvgIpc) is 3.04. The molecule has 116 valence electrons. The molecule has 24 heavy (non-hydrogen) atoms. The van der Waals surface area contributed by atoms with Crippen LogP contribution in [0.25, 0.3) is 10.9 Å². The first-order valence-electron chi connectivity index (χ1n) is 7.49. The number of fused-ring (bicyclic) bond motifs is 2. The number of nitrogen functional groups attached to an aromatic ring is 1. The minimum Gasteiger partial charge on any atom is -0.368 e. The highest BCUT2D eigenvalue weighted by atomic mass is 16.2. The van der Waals surface area contributed by atoms with E-state index >= 15 is 0 Å². The van der Waals surface area contributed by atoms with E-state index in [9.17, 15) is 4.79 Å². The van der Waals surface area contributed by atoms with Crippen molar-refractivity contribution in [3.05, 3.63) is 64.8 Å². The van der Waals surface area contributed by atoms with Gasteiger partial charge in [-0.3, -0.25) is 4.79 Å². The molecule has 2 heterocycles. The van der Waals surface area contributed by atoms with E-state index in [2.05, 4.69) is 16.0 Å². The van der Waals surface area contributed by atoms with Gasteiger partial charge in [0, 0.05) is 18.5 Å². The predicted molar refractivity (Wildman–Crippen MR) is 88.7 cm³/mol. The molecule has 0 saturated heterocycles. The smallest absolute Gasteiger partial charge is 0.273 e. The van der Waals surface area contributed by atoms with Gasteiger partial charge in [-0.15, -0.1) is 0 Å². The number of hydrogen-bond acceptors (Lipinski definition) is 5. The summed E-state index contributed by atoms with van der Waals surface area (Å²) < 4.78 is 0. The van der Waals surface area contributed by atoms with Crippen LogP contribution in [0.2, 0.25) is 0 Å². The van der Waals surface area contributed by atoms with Crippen LogP contribution in [-0.4, -0.2) is 20.8 Å². The lowest BCUT2D eigenvalue weighted by atomic mass is 10.1. The number of nitrogens with zero attached hydrogens (tertiary/aromatic N) is 4. The molecule has 1 amide bonds. The number of carbonyl (C=O) groups is 1. The van der Waals surface area contributed by atoms with Gasteiger partial charge in [-0.2, -0.15) is 5.26 Å². The fourth-order valence-corrected chi connectivity index (χ4v) is 3.01. The molecule has 3 aromatic rings. The number of nitriles is 1. The molecule has 0 bridgehead atoms. The molecule has 4 rings (SSSR count). The molecule has 1 aliphatic rings. The van der Waals surface area contributed by atoms with Crippen molar-refractivity contribution in [2.24, 2.45) is 0 Å². The molecule has 2 aromatic carbocycles. The van der Waals surface area contributed by atoms with E-state index in [0.29, 0.717) is 29.6 Å². The third-order valence-corrected chi connectivity index (χ3v) is 4.17. The first-order valence-corrected chi connectivity index (χ1v) is 7.49. The number of benzene rings is 2. The van der Waals surface area contributed by atoms with E-state index in [1.54, 1.807) is 23.1 Å². The van der Waals surface area contributed by atoms with Crippen molar-refractivity contribution < 1.29 is 4.79 Å². The minimum absolute atomic E-state index is 0.0484. The summed E-state index contributed by atoms with van der Waals surface area (Å²) in [4.78, 5) is 23.0. The Morgan fingerprint density at radius 1 is 1.12 bits per heavy atom. The number of carbonyl (C=O) groups excluding carboxylic acids is 1. The van der Waals surface area contributed by atoms with Gasteiger partial charge in [0.2, 0.25) is 5.95 Å². The topological polar surface area (TPSA) is 95.9 Å². The van der Waals surface area contributed by atoms with Gasteiger partial charge in [-0.05, 0) is 29.3 Å². The summed E-state index contributed by atoms with van der Waals surface area (Å²) in [5, 5.41) is 9.65. The maximum Gasteiger partial charge on any atom is 0.273 e. The second-order valence-electron chi connectivity index (χ2n) is 5.70. The Morgan fingerprint density at radius 3 is 2.50 bits per heavy atom. The summed E-state index contributed by atoms with van der Waals surface area (Å²) in [6.45, 7) is 1.08. The number of rotatable bonds is 1. The highest BCUT2D eigenvalue weighted by Crippen LogP contribution is 2.26. The van der Waals surface area contributed by atoms with E-state index in [-0.39, 0.29) is 17.5 Å². The number of hydrogen-bond donors (Lipinski definition) is 1. The largest absolute Gasteiger partial charge is 0.368 e. The predicted octanol–water partition coefficient (Wildman–Crippen LogP) is 2.24. The fourth-order valence-electron chi connectivity index (χ4n) is 3.01. The van der Waals surface area contributed by atoms with E-state index in [0.717, 1.165) is 11.1 Å². The number of aromatic nitrogens is 2. The van der Waals surface area contributed by atoms with Crippen molar-refractivity contribution in [1.29, 1.82) is 5.26 Å². The zero-order chi connectivity index (χ0) is 16.7. The van der Waals surface area contributed by atoms with E-state index in [1.165, 1.54) is 0 Å². The number of amides is 1. The molecule has 0 saturated carbocycles. The molecule has 0 aliphatic carbocycles. The van der Waals surface area contributed by atoms with Gasteiger partial charge < -0.3 is 10.6 Å². The lowest BCUT2D eigenvalue weighted by molar-refractivity contribution is 0.0747. The molecule has 1 aliphatic heterocycles. The molecule has 2 N–H and O–H groups in total. The van der Waals surface area contributed by atoms with E-state index < -0.39 is 0 Å². The Labute approximate surface area is 138 Å². The molecule has 0 radical (unpaired) electrons. The van der Waals surface area contributed by atoms with Crippen molar-refractivity contribution in [2.75, 3.05) is 5.73 Å². The molecular formula is C18H13N5O. The fraction of sp³-hybridized carbons (Fsp3) is 0.111. The van der Waals surface area contributed by atoms with Gasteiger partial charge in [0.05, 0.1) is 17.1 Å². The van der Waals surface area contributed by atoms with Crippen LogP contribution in [0.15, 0.2) is 42.5 Å². The Hall–Kier alpha value is -3.46. The quantitative estimate of drug-likeness (QED) is 0.743. The molecule has 0 atom stereocenters. The monoisotopic (exact) mass is 315 g/mol. The highest BCUT2D eigenvalue weighted by Gasteiger charge is 2.26. The molecule has 0 fully saturated rings. The average molecular weight is 315 g/mol. The van der Waals surface area contributed by atoms with Gasteiger partial charge >= 0.3 is 0 Å². The van der Waals surface area contributed by atoms with Crippen molar-refractivity contribution in [2.45, 2.75) is 13.1 Å². The Kier molecular flexibility index (Phi) is 3.14. The summed E-state index contributed by atoms with van der Waals surface area (Å²) in [5.74, 6) is -0.160. The van der Waals surface area contributed by atoms with Gasteiger partial charge in [0.1, 0.15) is 5.69 Å². The molecule has 0 unspecified atom stereocenters. The van der Waals surface area contributed by atoms with Gasteiger partial charge in [-0.1, -0.05) is 24.3 Å². The van der Waals surface area contributed by atoms with Crippen molar-refractivity contribution in [3.8, 4) is 6.07 Å². The first-order chi connectivity index (χ1) is 11.7. The van der Waals surface area contributed by atoms with Crippen molar-refractivity contribution >= 4 is 22.8 Å². The standard InChI is InChI=1S/C18H13N5O/c19-8-11-5-6-15-14(7-11)16(22-18(20)21-15)17(24)23-9-12-3-1-2-4-13(12)10-23/h1-7H,9-10H2,(H2,20,21,22). The molecular weight excluding hydrogens is 302 g/mol. The summed E-state index contributed by atoms with van der Waals surface area (Å²) in [7, 11) is 0. The minimum atomic E-state index is -0.208. The van der Waals surface area contributed by atoms with Gasteiger partial charge in [0.25, 0.3) is 5.91 Å². The van der Waals surface area contributed by atoms with E-state index in [4.69, 9.17) is 11.0 Å². The van der Waals surface area contributed by atoms with Crippen LogP contribution in [0.1, 0.15) is 27.2 Å². The van der Waals surface area contributed by atoms with Crippen LogP contribution in [0.3, 0.4) is 0 Å². The second kappa shape index (κ2) is 5.32. The summed E-state index contributed by atoms with van der Waals surface area (Å²) in [5.41, 5.74) is 9.27. The van der Waals surface area contributed by atoms with Crippen LogP contribution >= 0.6 is 0 Å². The Balaban J connectivity index is 1.79. The van der Waals surface area contributed by atoms with Crippen LogP contribution in [-0.2, 0) is 13.1 Å². The number of nitrogens with two attached hydrogens (primary N) is 1. The van der Waals surface area contributed by atoms with Crippen LogP contribution < -0.4 is 5.73 Å². The summed E-state index contributed by atoms with van der Waals surface area (Å²) in [6, 6.07) is 15.0. The maximum atomic E-state index is 13.0. The maximum absolute atomic E-state index is 13.0. The van der Waals surface area contributed by atoms with Crippen molar-refractivity contribution in [3.63, 3.8) is 0 Å². The Bertz CT molecular complexity index is 997. The van der Waals surface area contributed by atoms with E-state index in [1.807, 2.05) is 24.3 Å². The second-order valence-corrected chi connectivity index (χ2v) is 5.70. The van der Waals surface area contributed by atoms with Crippen LogP contribution in [0.5, 0.6) is 0 Å². The summed E-state index contributed by atoms with van der Waals surface area (Å²) >= 11 is 0. The first kappa shape index (κ1) is 14.2. The lowest BCUT2D eigenvalue weighted by Gasteiger charge is -2.16. The zero-order valence-corrected chi connectivity index (χ0v) is 12.7. The molecule has 6 heteroatoms. The van der Waals surface area contributed by atoms with Gasteiger partial charge in [-0.25, -0.2) is 9.97 Å². The normalized spacial score (nSPS) is 12.9. The summed E-state index contributed by atoms with van der Waals surface area (Å²) in [6.07, 6.45) is 0. The van der Waals surface area contributed by atoms with Gasteiger partial charge in [0.15, 0.2) is 0 Å².